The van der Waals surface area contributed by atoms with Crippen LogP contribution in [0, 0.1) is 0 Å². The number of rotatable bonds is 5. The van der Waals surface area contributed by atoms with Crippen molar-refractivity contribution in [2.24, 2.45) is 0 Å². The van der Waals surface area contributed by atoms with Crippen molar-refractivity contribution in [2.75, 3.05) is 6.54 Å². The van der Waals surface area contributed by atoms with Crippen molar-refractivity contribution in [3.63, 3.8) is 0 Å². The first-order chi connectivity index (χ1) is 8.27. The number of thiazole rings is 1. The van der Waals surface area contributed by atoms with E-state index in [0.29, 0.717) is 12.0 Å². The molecule has 0 saturated heterocycles. The minimum atomic E-state index is 0.348. The number of hydrogen-bond donors (Lipinski definition) is 1. The Morgan fingerprint density at radius 2 is 2.00 bits per heavy atom. The molecular weight excluding hydrogens is 230 g/mol. The Hall–Kier alpha value is -1.26. The van der Waals surface area contributed by atoms with E-state index in [1.165, 1.54) is 10.6 Å². The summed E-state index contributed by atoms with van der Waals surface area (Å²) >= 11 is 1.72. The lowest BCUT2D eigenvalue weighted by molar-refractivity contribution is 0.536. The SMILES string of the molecule is CC(CNC(C)c1ccncc1)c1nccs1. The summed E-state index contributed by atoms with van der Waals surface area (Å²) in [5.74, 6) is 0.458. The van der Waals surface area contributed by atoms with Gasteiger partial charge in [-0.05, 0) is 24.6 Å². The van der Waals surface area contributed by atoms with Gasteiger partial charge in [0.15, 0.2) is 0 Å². The van der Waals surface area contributed by atoms with Gasteiger partial charge >= 0.3 is 0 Å². The van der Waals surface area contributed by atoms with Gasteiger partial charge in [-0.1, -0.05) is 6.92 Å². The van der Waals surface area contributed by atoms with Gasteiger partial charge in [-0.2, -0.15) is 0 Å². The van der Waals surface area contributed by atoms with E-state index >= 15 is 0 Å². The lowest BCUT2D eigenvalue weighted by Crippen LogP contribution is -2.23. The summed E-state index contributed by atoms with van der Waals surface area (Å²) in [6.07, 6.45) is 5.53. The zero-order chi connectivity index (χ0) is 12.1. The summed E-state index contributed by atoms with van der Waals surface area (Å²) < 4.78 is 0. The largest absolute Gasteiger partial charge is 0.310 e. The highest BCUT2D eigenvalue weighted by atomic mass is 32.1. The first kappa shape index (κ1) is 12.2. The topological polar surface area (TPSA) is 37.8 Å². The van der Waals surface area contributed by atoms with Crippen molar-refractivity contribution < 1.29 is 0 Å². The third-order valence-corrected chi connectivity index (χ3v) is 3.82. The van der Waals surface area contributed by atoms with Gasteiger partial charge in [-0.15, -0.1) is 11.3 Å². The molecule has 0 amide bonds. The second-order valence-corrected chi connectivity index (χ2v) is 5.11. The van der Waals surface area contributed by atoms with E-state index in [1.54, 1.807) is 11.3 Å². The third-order valence-electron chi connectivity index (χ3n) is 2.81. The molecule has 0 aliphatic heterocycles. The van der Waals surface area contributed by atoms with Crippen LogP contribution in [0.4, 0.5) is 0 Å². The minimum Gasteiger partial charge on any atom is -0.310 e. The van der Waals surface area contributed by atoms with Gasteiger partial charge in [0.2, 0.25) is 0 Å². The average molecular weight is 247 g/mol. The predicted octanol–water partition coefficient (Wildman–Crippen LogP) is 2.99. The second kappa shape index (κ2) is 5.89. The van der Waals surface area contributed by atoms with Crippen molar-refractivity contribution >= 4 is 11.3 Å². The Kier molecular flexibility index (Phi) is 4.23. The molecule has 17 heavy (non-hydrogen) atoms. The molecule has 2 heterocycles. The summed E-state index contributed by atoms with van der Waals surface area (Å²) in [4.78, 5) is 8.36. The van der Waals surface area contributed by atoms with E-state index in [-0.39, 0.29) is 0 Å². The predicted molar refractivity (Wildman–Crippen MR) is 71.2 cm³/mol. The van der Waals surface area contributed by atoms with Gasteiger partial charge in [0.05, 0.1) is 5.01 Å². The molecule has 2 atom stereocenters. The van der Waals surface area contributed by atoms with Gasteiger partial charge in [0.1, 0.15) is 0 Å². The standard InChI is InChI=1S/C13H17N3S/c1-10(13-15-7-8-17-13)9-16-11(2)12-3-5-14-6-4-12/h3-8,10-11,16H,9H2,1-2H3. The zero-order valence-electron chi connectivity index (χ0n) is 10.1. The summed E-state index contributed by atoms with van der Waals surface area (Å²) in [6, 6.07) is 4.44. The fourth-order valence-electron chi connectivity index (χ4n) is 1.69. The van der Waals surface area contributed by atoms with Crippen LogP contribution in [0.25, 0.3) is 0 Å². The molecule has 0 aliphatic rings. The number of hydrogen-bond acceptors (Lipinski definition) is 4. The normalized spacial score (nSPS) is 14.5. The van der Waals surface area contributed by atoms with Gasteiger partial charge in [0, 0.05) is 42.5 Å². The molecule has 90 valence electrons. The number of aromatic nitrogens is 2. The molecule has 0 bridgehead atoms. The summed E-state index contributed by atoms with van der Waals surface area (Å²) in [6.45, 7) is 5.31. The number of nitrogens with zero attached hydrogens (tertiary/aromatic N) is 2. The molecule has 0 aliphatic carbocycles. The monoisotopic (exact) mass is 247 g/mol. The smallest absolute Gasteiger partial charge is 0.0965 e. The molecule has 0 radical (unpaired) electrons. The van der Waals surface area contributed by atoms with Crippen LogP contribution in [0.1, 0.15) is 36.4 Å². The van der Waals surface area contributed by atoms with Crippen LogP contribution in [0.3, 0.4) is 0 Å². The molecule has 4 heteroatoms. The van der Waals surface area contributed by atoms with Crippen LogP contribution in [-0.4, -0.2) is 16.5 Å². The number of nitrogens with one attached hydrogen (secondary N) is 1. The van der Waals surface area contributed by atoms with E-state index in [2.05, 4.69) is 29.1 Å². The molecule has 0 aromatic carbocycles. The average Bonchev–Trinajstić information content (AvgIpc) is 2.90. The van der Waals surface area contributed by atoms with E-state index in [9.17, 15) is 0 Å². The van der Waals surface area contributed by atoms with Crippen molar-refractivity contribution in [1.29, 1.82) is 0 Å². The highest BCUT2D eigenvalue weighted by Crippen LogP contribution is 2.18. The molecule has 2 rings (SSSR count). The number of pyridine rings is 1. The van der Waals surface area contributed by atoms with Crippen molar-refractivity contribution in [3.05, 3.63) is 46.7 Å². The minimum absolute atomic E-state index is 0.348. The Balaban J connectivity index is 1.86. The van der Waals surface area contributed by atoms with Crippen molar-refractivity contribution in [1.82, 2.24) is 15.3 Å². The van der Waals surface area contributed by atoms with Gasteiger partial charge in [0.25, 0.3) is 0 Å². The maximum absolute atomic E-state index is 4.34. The highest BCUT2D eigenvalue weighted by molar-refractivity contribution is 7.09. The van der Waals surface area contributed by atoms with Gasteiger partial charge < -0.3 is 5.32 Å². The molecule has 1 N–H and O–H groups in total. The van der Waals surface area contributed by atoms with Gasteiger partial charge in [-0.3, -0.25) is 4.98 Å². The van der Waals surface area contributed by atoms with E-state index < -0.39 is 0 Å². The molecular formula is C13H17N3S. The summed E-state index contributed by atoms with van der Waals surface area (Å²) in [5, 5.41) is 6.75. The molecule has 0 fully saturated rings. The summed E-state index contributed by atoms with van der Waals surface area (Å²) in [7, 11) is 0. The fourth-order valence-corrected chi connectivity index (χ4v) is 2.39. The van der Waals surface area contributed by atoms with E-state index in [0.717, 1.165) is 6.54 Å². The fraction of sp³-hybridized carbons (Fsp3) is 0.385. The molecule has 0 saturated carbocycles. The molecule has 3 nitrogen and oxygen atoms in total. The first-order valence-corrected chi connectivity index (χ1v) is 6.68. The Morgan fingerprint density at radius 3 is 2.65 bits per heavy atom. The van der Waals surface area contributed by atoms with Gasteiger partial charge in [-0.25, -0.2) is 4.98 Å². The lowest BCUT2D eigenvalue weighted by Gasteiger charge is -2.16. The van der Waals surface area contributed by atoms with Crippen LogP contribution in [0.2, 0.25) is 0 Å². The second-order valence-electron chi connectivity index (χ2n) is 4.18. The van der Waals surface area contributed by atoms with Crippen molar-refractivity contribution in [3.8, 4) is 0 Å². The first-order valence-electron chi connectivity index (χ1n) is 5.80. The van der Waals surface area contributed by atoms with Crippen LogP contribution >= 0.6 is 11.3 Å². The summed E-state index contributed by atoms with van der Waals surface area (Å²) in [5.41, 5.74) is 1.27. The molecule has 2 aromatic rings. The molecule has 2 aromatic heterocycles. The Morgan fingerprint density at radius 1 is 1.24 bits per heavy atom. The third kappa shape index (κ3) is 3.35. The maximum Gasteiger partial charge on any atom is 0.0965 e. The van der Waals surface area contributed by atoms with Crippen molar-refractivity contribution in [2.45, 2.75) is 25.8 Å². The molecule has 0 spiro atoms. The van der Waals surface area contributed by atoms with Crippen LogP contribution in [0.15, 0.2) is 36.1 Å². The van der Waals surface area contributed by atoms with Crippen LogP contribution < -0.4 is 5.32 Å². The maximum atomic E-state index is 4.34. The highest BCUT2D eigenvalue weighted by Gasteiger charge is 2.10. The quantitative estimate of drug-likeness (QED) is 0.882. The zero-order valence-corrected chi connectivity index (χ0v) is 10.9. The van der Waals surface area contributed by atoms with Crippen LogP contribution in [-0.2, 0) is 0 Å². The Labute approximate surface area is 106 Å². The van der Waals surface area contributed by atoms with E-state index in [4.69, 9.17) is 0 Å². The Bertz CT molecular complexity index is 427. The van der Waals surface area contributed by atoms with E-state index in [1.807, 2.05) is 36.1 Å². The lowest BCUT2D eigenvalue weighted by atomic mass is 10.1. The van der Waals surface area contributed by atoms with Crippen LogP contribution in [0.5, 0.6) is 0 Å². The molecule has 2 unspecified atom stereocenters.